The summed E-state index contributed by atoms with van der Waals surface area (Å²) >= 11 is 6.83. The van der Waals surface area contributed by atoms with Gasteiger partial charge < -0.3 is 72.7 Å². The zero-order valence-corrected chi connectivity index (χ0v) is 53.8. The molecule has 2 fully saturated rings. The number of ether oxygens (including phenoxy) is 9. The van der Waals surface area contributed by atoms with Gasteiger partial charge in [0.15, 0.2) is 0 Å². The van der Waals surface area contributed by atoms with Crippen LogP contribution in [-0.4, -0.2) is 199 Å². The van der Waals surface area contributed by atoms with Crippen LogP contribution in [0.1, 0.15) is 94.9 Å². The number of nitrogens with one attached hydrogen (secondary N) is 1. The molecule has 4 aliphatic heterocycles. The number of hydrogen-bond donors (Lipinski definition) is 2. The first-order valence-electron chi connectivity index (χ1n) is 30.4. The number of methoxy groups -OCH3 is 2. The molecule has 0 unspecified atom stereocenters. The van der Waals surface area contributed by atoms with E-state index in [0.717, 1.165) is 27.8 Å². The molecule has 2 saturated heterocycles. The van der Waals surface area contributed by atoms with Gasteiger partial charge in [0.2, 0.25) is 29.5 Å². The van der Waals surface area contributed by atoms with Gasteiger partial charge in [-0.2, -0.15) is 0 Å². The van der Waals surface area contributed by atoms with E-state index >= 15 is 0 Å². The van der Waals surface area contributed by atoms with Crippen molar-refractivity contribution >= 4 is 64.5 Å². The molecule has 0 saturated carbocycles. The summed E-state index contributed by atoms with van der Waals surface area (Å²) in [7, 11) is 7.55. The zero-order chi connectivity index (χ0) is 65.1. The van der Waals surface area contributed by atoms with Crippen molar-refractivity contribution in [2.45, 2.75) is 127 Å². The Morgan fingerprint density at radius 3 is 2.22 bits per heavy atom. The van der Waals surface area contributed by atoms with Crippen LogP contribution in [0.2, 0.25) is 5.02 Å². The Morgan fingerprint density at radius 2 is 1.52 bits per heavy atom. The maximum absolute atomic E-state index is 14.4. The first-order chi connectivity index (χ1) is 43.1. The number of esters is 2. The molecule has 3 aromatic rings. The van der Waals surface area contributed by atoms with Crippen molar-refractivity contribution < 1.29 is 81.3 Å². The van der Waals surface area contributed by atoms with E-state index in [4.69, 9.17) is 54.2 Å². The molecule has 488 valence electrons. The first kappa shape index (κ1) is 70.3. The van der Waals surface area contributed by atoms with Crippen molar-refractivity contribution in [3.05, 3.63) is 112 Å². The van der Waals surface area contributed by atoms with Crippen molar-refractivity contribution in [3.63, 3.8) is 0 Å². The summed E-state index contributed by atoms with van der Waals surface area (Å²) in [6.45, 7) is 9.63. The monoisotopic (exact) mass is 1270 g/mol. The molecule has 90 heavy (non-hydrogen) atoms. The van der Waals surface area contributed by atoms with Crippen LogP contribution in [0.5, 0.6) is 5.75 Å². The maximum atomic E-state index is 14.4. The van der Waals surface area contributed by atoms with Crippen LogP contribution < -0.4 is 19.9 Å². The topological polar surface area (TPSA) is 251 Å². The predicted octanol–water partition coefficient (Wildman–Crippen LogP) is 5.91. The van der Waals surface area contributed by atoms with Crippen LogP contribution in [0.25, 0.3) is 0 Å². The molecule has 22 nitrogen and oxygen atoms in total. The van der Waals surface area contributed by atoms with Crippen LogP contribution in [-0.2, 0) is 84.4 Å². The number of nitrogens with zero attached hydrogens (tertiary/aromatic N) is 4. The second-order valence-corrected chi connectivity index (χ2v) is 23.7. The van der Waals surface area contributed by atoms with E-state index in [-0.39, 0.29) is 107 Å². The van der Waals surface area contributed by atoms with Crippen LogP contribution in [0.15, 0.2) is 84.5 Å². The fourth-order valence-electron chi connectivity index (χ4n) is 11.1. The van der Waals surface area contributed by atoms with E-state index < -0.39 is 71.3 Å². The lowest BCUT2D eigenvalue weighted by Gasteiger charge is -2.41. The summed E-state index contributed by atoms with van der Waals surface area (Å²) in [5.41, 5.74) is 2.38. The quantitative estimate of drug-likeness (QED) is 0.0410. The Labute approximate surface area is 532 Å². The molecule has 4 aliphatic rings. The molecule has 8 atom stereocenters. The molecule has 2 N–H and O–H groups in total. The lowest BCUT2D eigenvalue weighted by atomic mass is 9.78. The maximum Gasteiger partial charge on any atom is 0.328 e. The summed E-state index contributed by atoms with van der Waals surface area (Å²) in [6.07, 6.45) is 1.78. The molecule has 0 aliphatic carbocycles. The average Bonchev–Trinajstić information content (AvgIpc) is 1.57. The third-order valence-corrected chi connectivity index (χ3v) is 17.1. The number of para-hydroxylation sites is 1. The third kappa shape index (κ3) is 18.9. The first-order valence-corrected chi connectivity index (χ1v) is 30.8. The number of hydrogen-bond acceptors (Lipinski definition) is 17. The summed E-state index contributed by atoms with van der Waals surface area (Å²) in [4.78, 5) is 99.9. The van der Waals surface area contributed by atoms with Gasteiger partial charge in [0, 0.05) is 71.1 Å². The van der Waals surface area contributed by atoms with Crippen LogP contribution in [0.4, 0.5) is 11.4 Å². The number of epoxide rings is 1. The van der Waals surface area contributed by atoms with Gasteiger partial charge in [0.05, 0.1) is 110 Å². The van der Waals surface area contributed by atoms with Crippen LogP contribution in [0.3, 0.4) is 0 Å². The number of fused-ring (bicyclic) bond motifs is 7. The minimum absolute atomic E-state index is 0.0134. The van der Waals surface area contributed by atoms with Gasteiger partial charge in [-0.05, 0) is 75.1 Å². The highest BCUT2D eigenvalue weighted by Gasteiger charge is 2.64. The number of allylic oxidation sites excluding steroid dienone is 3. The van der Waals surface area contributed by atoms with E-state index in [1.807, 2.05) is 61.5 Å². The third-order valence-electron chi connectivity index (χ3n) is 16.7. The Kier molecular flexibility index (Phi) is 25.9. The molecule has 0 spiro atoms. The van der Waals surface area contributed by atoms with Crippen molar-refractivity contribution in [2.75, 3.05) is 111 Å². The smallest absolute Gasteiger partial charge is 0.328 e. The van der Waals surface area contributed by atoms with Gasteiger partial charge in [-0.15, -0.1) is 0 Å². The molecule has 5 amide bonds. The Morgan fingerprint density at radius 1 is 0.867 bits per heavy atom. The summed E-state index contributed by atoms with van der Waals surface area (Å²) in [5, 5.41) is 14.9. The number of rotatable bonds is 26. The van der Waals surface area contributed by atoms with Crippen molar-refractivity contribution in [1.82, 2.24) is 15.1 Å². The summed E-state index contributed by atoms with van der Waals surface area (Å²) in [6, 6.07) is 17.7. The fraction of sp³-hybridized carbons (Fsp3) is 0.537. The Bertz CT molecular complexity index is 3160. The average molecular weight is 1270 g/mol. The molecule has 0 aromatic heterocycles. The molecule has 23 heteroatoms. The highest BCUT2D eigenvalue weighted by Crippen LogP contribution is 2.50. The Hall–Kier alpha value is -7.20. The van der Waals surface area contributed by atoms with Gasteiger partial charge in [0.1, 0.15) is 46.3 Å². The highest BCUT2D eigenvalue weighted by atomic mass is 35.5. The van der Waals surface area contributed by atoms with E-state index in [1.54, 1.807) is 57.1 Å². The number of benzene rings is 3. The minimum Gasteiger partial charge on any atom is -0.495 e. The van der Waals surface area contributed by atoms with Gasteiger partial charge in [-0.25, -0.2) is 4.79 Å². The van der Waals surface area contributed by atoms with E-state index in [9.17, 15) is 38.7 Å². The van der Waals surface area contributed by atoms with Gasteiger partial charge >= 0.3 is 11.9 Å². The molecule has 3 aromatic carbocycles. The van der Waals surface area contributed by atoms with Crippen molar-refractivity contribution in [2.24, 2.45) is 5.92 Å². The standard InChI is InChI=1S/C67H86ClN5O17/c1-44-16-14-21-55(83-9)67(81)40-54(88-62(79)41-67)45(2)64-66(4,90-64)56(39-60(77)72(7)52-37-47(36-44)38-53(82-8)63(52)68)89-65(80)46(3)71(6)59(76)23-15-22-57(74)69-27-29-85-31-33-87-35-34-86-32-30-84-28-26-58(75)70(5)43-61(78)73-42-50-19-11-10-17-48(50)24-25-49-18-12-13-20-51(49)73/h10-14,16-21,37-38,45-46,54-56,64,81H,15,22-23,26-36,39-43H2,1-9H3,(H,69,74)/b21-14+,44-16+/t45-,46+,54+,55-,56+,64+,66+,67-/m1/s1. The van der Waals surface area contributed by atoms with Crippen molar-refractivity contribution in [3.8, 4) is 17.6 Å². The number of amides is 5. The number of carbonyl (C=O) groups is 7. The number of likely N-dealkylation sites (N-methyl/N-ethyl adjacent to an activating group) is 2. The fourth-order valence-corrected chi connectivity index (χ4v) is 11.4. The molecular weight excluding hydrogens is 1180 g/mol. The van der Waals surface area contributed by atoms with E-state index in [2.05, 4.69) is 17.2 Å². The molecule has 7 rings (SSSR count). The SMILES string of the molecule is COc1cc2cc(c1Cl)N(C)C(=O)C[C@H](OC(=O)[C@H](C)N(C)C(=O)CCCC(=O)NCCOCCOCCOCCOCCC(=O)N(C)CC(=O)N1Cc3ccccc3C#Cc3ccccc31)[C@]1(C)O[C@H]1[C@H](C)[C@@H]1C[C@@](O)(CC(=O)O1)[C@H](OC)/C=C/C=C(\C)C2. The van der Waals surface area contributed by atoms with Crippen LogP contribution in [0, 0.1) is 17.8 Å². The van der Waals surface area contributed by atoms with Gasteiger partial charge in [-0.1, -0.05) is 84.5 Å². The molecular formula is C67H86ClN5O17. The second kappa shape index (κ2) is 33.2. The van der Waals surface area contributed by atoms with E-state index in [1.165, 1.54) is 42.9 Å². The minimum atomic E-state index is -1.63. The molecule has 4 heterocycles. The number of carbonyl (C=O) groups excluding carboxylic acids is 7. The summed E-state index contributed by atoms with van der Waals surface area (Å²) in [5.74, 6) is 3.15. The van der Waals surface area contributed by atoms with Gasteiger partial charge in [-0.3, -0.25) is 28.8 Å². The highest BCUT2D eigenvalue weighted by molar-refractivity contribution is 6.35. The largest absolute Gasteiger partial charge is 0.495 e. The number of halogens is 1. The summed E-state index contributed by atoms with van der Waals surface area (Å²) < 4.78 is 52.0. The lowest BCUT2D eigenvalue weighted by Crippen LogP contribution is -2.53. The Balaban J connectivity index is 0.773. The van der Waals surface area contributed by atoms with Crippen molar-refractivity contribution in [1.29, 1.82) is 0 Å². The number of anilines is 2. The molecule has 0 radical (unpaired) electrons. The van der Waals surface area contributed by atoms with Crippen LogP contribution >= 0.6 is 11.6 Å². The second-order valence-electron chi connectivity index (χ2n) is 23.3. The lowest BCUT2D eigenvalue weighted by molar-refractivity contribution is -0.187. The normalized spacial score (nSPS) is 23.5. The number of aliphatic hydroxyl groups is 1. The predicted molar refractivity (Wildman–Crippen MR) is 334 cm³/mol. The van der Waals surface area contributed by atoms with Gasteiger partial charge in [0.25, 0.3) is 0 Å². The molecule has 4 bridgehead atoms. The van der Waals surface area contributed by atoms with E-state index in [0.29, 0.717) is 56.5 Å². The zero-order valence-electron chi connectivity index (χ0n) is 53.1.